The summed E-state index contributed by atoms with van der Waals surface area (Å²) in [7, 11) is -3.63. The number of rotatable bonds is 3. The van der Waals surface area contributed by atoms with E-state index >= 15 is 0 Å². The van der Waals surface area contributed by atoms with E-state index in [4.69, 9.17) is 9.47 Å². The number of benzene rings is 2. The van der Waals surface area contributed by atoms with Crippen LogP contribution < -0.4 is 0 Å². The van der Waals surface area contributed by atoms with Gasteiger partial charge >= 0.3 is 12.2 Å². The third kappa shape index (κ3) is 6.75. The highest BCUT2D eigenvalue weighted by atomic mass is 32.2. The molecule has 0 unspecified atom stereocenters. The van der Waals surface area contributed by atoms with E-state index < -0.39 is 32.4 Å². The largest absolute Gasteiger partial charge is 0.444 e. The molecule has 2 heterocycles. The van der Waals surface area contributed by atoms with Gasteiger partial charge in [0.05, 0.1) is 10.1 Å². The molecule has 0 N–H and O–H groups in total. The lowest BCUT2D eigenvalue weighted by Gasteiger charge is -2.33. The molecule has 2 aromatic carbocycles. The van der Waals surface area contributed by atoms with Crippen LogP contribution in [0.4, 0.5) is 9.59 Å². The summed E-state index contributed by atoms with van der Waals surface area (Å²) in [4.78, 5) is 28.5. The molecule has 0 aromatic heterocycles. The number of hydrogen-bond donors (Lipinski definition) is 0. The van der Waals surface area contributed by atoms with Crippen molar-refractivity contribution in [3.8, 4) is 0 Å². The molecule has 2 aliphatic heterocycles. The van der Waals surface area contributed by atoms with Gasteiger partial charge in [0.15, 0.2) is 9.84 Å². The average molecular weight is 557 g/mol. The van der Waals surface area contributed by atoms with E-state index in [1.807, 2.05) is 78.0 Å². The van der Waals surface area contributed by atoms with Gasteiger partial charge in [0.25, 0.3) is 0 Å². The molecule has 8 nitrogen and oxygen atoms in total. The summed E-state index contributed by atoms with van der Waals surface area (Å²) in [6.45, 7) is 12.7. The number of fused-ring (bicyclic) bond motifs is 1. The third-order valence-corrected chi connectivity index (χ3v) is 9.25. The number of carbonyl (C=O) groups is 2. The zero-order valence-corrected chi connectivity index (χ0v) is 24.6. The summed E-state index contributed by atoms with van der Waals surface area (Å²) in [6, 6.07) is 11.2. The van der Waals surface area contributed by atoms with Gasteiger partial charge < -0.3 is 19.3 Å². The minimum absolute atomic E-state index is 0.323. The molecule has 4 rings (SSSR count). The molecular weight excluding hydrogens is 516 g/mol. The molecule has 0 radical (unpaired) electrons. The highest BCUT2D eigenvalue weighted by Gasteiger charge is 2.35. The summed E-state index contributed by atoms with van der Waals surface area (Å²) in [5.41, 5.74) is 0.918. The Bertz CT molecular complexity index is 1380. The van der Waals surface area contributed by atoms with E-state index in [1.165, 1.54) is 0 Å². The maximum atomic E-state index is 13.8. The number of piperidine rings is 1. The first-order valence-corrected chi connectivity index (χ1v) is 15.1. The van der Waals surface area contributed by atoms with E-state index in [2.05, 4.69) is 0 Å². The Morgan fingerprint density at radius 3 is 1.90 bits per heavy atom. The first kappa shape index (κ1) is 28.9. The lowest BCUT2D eigenvalue weighted by Crippen LogP contribution is -2.44. The van der Waals surface area contributed by atoms with Gasteiger partial charge in [0.2, 0.25) is 0 Å². The van der Waals surface area contributed by atoms with E-state index in [1.54, 1.807) is 15.9 Å². The Kier molecular flexibility index (Phi) is 8.03. The van der Waals surface area contributed by atoms with Gasteiger partial charge in [0.1, 0.15) is 11.2 Å². The predicted octanol–water partition coefficient (Wildman–Crippen LogP) is 6.04. The van der Waals surface area contributed by atoms with Gasteiger partial charge in [-0.25, -0.2) is 18.0 Å². The summed E-state index contributed by atoms with van der Waals surface area (Å²) in [5, 5.41) is 1.00. The van der Waals surface area contributed by atoms with Crippen LogP contribution in [0, 0.1) is 0 Å². The molecule has 39 heavy (non-hydrogen) atoms. The minimum Gasteiger partial charge on any atom is -0.444 e. The second-order valence-electron chi connectivity index (χ2n) is 12.3. The van der Waals surface area contributed by atoms with Crippen molar-refractivity contribution in [2.45, 2.75) is 82.2 Å². The first-order valence-electron chi connectivity index (χ1n) is 13.6. The van der Waals surface area contributed by atoms with Crippen LogP contribution in [0.15, 0.2) is 47.4 Å². The fourth-order valence-corrected chi connectivity index (χ4v) is 6.99. The quantitative estimate of drug-likeness (QED) is 0.458. The normalized spacial score (nSPS) is 17.6. The molecule has 0 bridgehead atoms. The summed E-state index contributed by atoms with van der Waals surface area (Å²) in [6.07, 6.45) is 2.67. The van der Waals surface area contributed by atoms with E-state index in [-0.39, 0.29) is 6.09 Å². The van der Waals surface area contributed by atoms with Crippen molar-refractivity contribution in [2.75, 3.05) is 26.2 Å². The van der Waals surface area contributed by atoms with Crippen LogP contribution in [0.25, 0.3) is 16.3 Å². The zero-order chi connectivity index (χ0) is 28.6. The average Bonchev–Trinajstić information content (AvgIpc) is 2.86. The van der Waals surface area contributed by atoms with Crippen molar-refractivity contribution in [1.29, 1.82) is 0 Å². The van der Waals surface area contributed by atoms with Crippen molar-refractivity contribution < 1.29 is 27.5 Å². The number of ether oxygens (including phenoxy) is 2. The highest BCUT2D eigenvalue weighted by molar-refractivity contribution is 7.92. The molecule has 1 saturated heterocycles. The molecule has 0 saturated carbocycles. The molecule has 1 fully saturated rings. The van der Waals surface area contributed by atoms with Crippen molar-refractivity contribution in [2.24, 2.45) is 0 Å². The third-order valence-electron chi connectivity index (χ3n) is 6.93. The van der Waals surface area contributed by atoms with Crippen LogP contribution >= 0.6 is 0 Å². The van der Waals surface area contributed by atoms with Crippen LogP contribution in [-0.2, 0) is 19.3 Å². The first-order chi connectivity index (χ1) is 18.2. The summed E-state index contributed by atoms with van der Waals surface area (Å²) >= 11 is 0. The Labute approximate surface area is 231 Å². The van der Waals surface area contributed by atoms with Crippen LogP contribution in [0.5, 0.6) is 0 Å². The second-order valence-corrected chi connectivity index (χ2v) is 14.5. The molecule has 212 valence electrons. The van der Waals surface area contributed by atoms with Crippen molar-refractivity contribution >= 4 is 38.4 Å². The smallest absolute Gasteiger partial charge is 0.410 e. The number of amides is 2. The van der Waals surface area contributed by atoms with Gasteiger partial charge in [-0.1, -0.05) is 36.4 Å². The maximum absolute atomic E-state index is 13.8. The van der Waals surface area contributed by atoms with Crippen LogP contribution in [-0.4, -0.2) is 73.0 Å². The molecule has 0 spiro atoms. The second kappa shape index (κ2) is 10.8. The minimum atomic E-state index is -3.63. The standard InChI is InChI=1S/C30H40N2O6S/c1-29(2,3)37-27(33)31-17-13-21(14-18-31)23-11-12-26(25-10-8-7-9-24(23)25)39(35,36)22-15-19-32(20-16-22)28(34)38-30(4,5)6/h7-13,22H,14-20H2,1-6H3. The van der Waals surface area contributed by atoms with E-state index in [0.717, 1.165) is 16.5 Å². The predicted molar refractivity (Wildman–Crippen MR) is 152 cm³/mol. The number of hydrogen-bond acceptors (Lipinski definition) is 6. The lowest BCUT2D eigenvalue weighted by atomic mass is 9.94. The molecule has 9 heteroatoms. The topological polar surface area (TPSA) is 93.2 Å². The molecule has 2 aromatic rings. The van der Waals surface area contributed by atoms with Crippen molar-refractivity contribution in [3.63, 3.8) is 0 Å². The molecule has 0 atom stereocenters. The Hall–Kier alpha value is -3.07. The monoisotopic (exact) mass is 556 g/mol. The van der Waals surface area contributed by atoms with Gasteiger partial charge in [-0.15, -0.1) is 0 Å². The number of likely N-dealkylation sites (tertiary alicyclic amines) is 1. The fourth-order valence-electron chi connectivity index (χ4n) is 5.06. The van der Waals surface area contributed by atoms with Crippen molar-refractivity contribution in [3.05, 3.63) is 48.0 Å². The van der Waals surface area contributed by atoms with Crippen LogP contribution in [0.1, 0.15) is 66.4 Å². The molecule has 2 amide bonds. The summed E-state index contributed by atoms with van der Waals surface area (Å²) in [5.74, 6) is 0. The van der Waals surface area contributed by atoms with Gasteiger partial charge in [0, 0.05) is 31.6 Å². The van der Waals surface area contributed by atoms with Gasteiger partial charge in [-0.3, -0.25) is 0 Å². The lowest BCUT2D eigenvalue weighted by molar-refractivity contribution is 0.0215. The Morgan fingerprint density at radius 1 is 0.795 bits per heavy atom. The Balaban J connectivity index is 1.54. The fraction of sp³-hybridized carbons (Fsp3) is 0.533. The number of carbonyl (C=O) groups excluding carboxylic acids is 2. The van der Waals surface area contributed by atoms with Crippen LogP contribution in [0.2, 0.25) is 0 Å². The van der Waals surface area contributed by atoms with Gasteiger partial charge in [-0.2, -0.15) is 0 Å². The molecule has 2 aliphatic rings. The number of sulfone groups is 1. The van der Waals surface area contributed by atoms with Crippen LogP contribution in [0.3, 0.4) is 0 Å². The molecule has 0 aliphatic carbocycles. The van der Waals surface area contributed by atoms with Crippen molar-refractivity contribution in [1.82, 2.24) is 9.80 Å². The summed E-state index contributed by atoms with van der Waals surface area (Å²) < 4.78 is 38.6. The Morgan fingerprint density at radius 2 is 1.36 bits per heavy atom. The number of nitrogens with zero attached hydrogens (tertiary/aromatic N) is 2. The highest BCUT2D eigenvalue weighted by Crippen LogP contribution is 2.36. The van der Waals surface area contributed by atoms with E-state index in [9.17, 15) is 18.0 Å². The molecular formula is C30H40N2O6S. The maximum Gasteiger partial charge on any atom is 0.410 e. The SMILES string of the molecule is CC(C)(C)OC(=O)N1CC=C(c2ccc(S(=O)(=O)C3CCN(C(=O)OC(C)(C)C)CC3)c3ccccc23)CC1. The van der Waals surface area contributed by atoms with Gasteiger partial charge in [-0.05, 0) is 83.4 Å². The zero-order valence-electron chi connectivity index (χ0n) is 23.8. The van der Waals surface area contributed by atoms with E-state index in [0.29, 0.717) is 55.7 Å².